The van der Waals surface area contributed by atoms with Crippen LogP contribution in [-0.4, -0.2) is 47.1 Å². The molecule has 2 amide bonds. The Morgan fingerprint density at radius 1 is 1.21 bits per heavy atom. The van der Waals surface area contributed by atoms with Crippen LogP contribution in [0.15, 0.2) is 12.3 Å². The lowest BCUT2D eigenvalue weighted by Crippen LogP contribution is -2.59. The van der Waals surface area contributed by atoms with Crippen LogP contribution in [-0.2, 0) is 9.53 Å². The molecule has 2 spiro atoms. The van der Waals surface area contributed by atoms with Crippen molar-refractivity contribution in [2.24, 2.45) is 11.3 Å². The second-order valence-corrected chi connectivity index (χ2v) is 9.04. The number of pyridine rings is 1. The molecule has 3 heterocycles. The Hall–Kier alpha value is -2.25. The summed E-state index contributed by atoms with van der Waals surface area (Å²) in [6.07, 6.45) is 5.51. The van der Waals surface area contributed by atoms with E-state index in [2.05, 4.69) is 10.3 Å². The van der Waals surface area contributed by atoms with Crippen LogP contribution in [0.25, 0.3) is 0 Å². The third-order valence-corrected chi connectivity index (χ3v) is 7.19. The standard InChI is InChI=1S/C20H23F2N3O3/c21-14-5-15(22)16(23-10-14)12-6-19(7-12)1-3-25(4-2-19)17(26)13-8-20(9-13)11-28-18(27)24-20/h5,10,12-13H,1-4,6-9,11H2,(H,24,27)/t13-,20+. The number of carbonyl (C=O) groups is 2. The van der Waals surface area contributed by atoms with Crippen LogP contribution in [0.2, 0.25) is 0 Å². The van der Waals surface area contributed by atoms with Gasteiger partial charge >= 0.3 is 6.09 Å². The number of rotatable bonds is 2. The maximum Gasteiger partial charge on any atom is 0.407 e. The highest BCUT2D eigenvalue weighted by molar-refractivity contribution is 5.81. The zero-order valence-corrected chi connectivity index (χ0v) is 15.5. The third kappa shape index (κ3) is 2.84. The van der Waals surface area contributed by atoms with Crippen LogP contribution in [0.4, 0.5) is 13.6 Å². The Bertz CT molecular complexity index is 824. The van der Waals surface area contributed by atoms with Gasteiger partial charge in [-0.15, -0.1) is 0 Å². The van der Waals surface area contributed by atoms with E-state index in [0.29, 0.717) is 25.1 Å². The third-order valence-electron chi connectivity index (χ3n) is 7.19. The van der Waals surface area contributed by atoms with Gasteiger partial charge in [-0.25, -0.2) is 13.6 Å². The number of piperidine rings is 1. The zero-order valence-electron chi connectivity index (χ0n) is 15.5. The molecule has 0 bridgehead atoms. The highest BCUT2D eigenvalue weighted by Crippen LogP contribution is 2.57. The van der Waals surface area contributed by atoms with Crippen molar-refractivity contribution in [2.75, 3.05) is 19.7 Å². The van der Waals surface area contributed by atoms with E-state index >= 15 is 0 Å². The average molecular weight is 391 g/mol. The number of hydrogen-bond acceptors (Lipinski definition) is 4. The molecule has 28 heavy (non-hydrogen) atoms. The minimum absolute atomic E-state index is 0.0392. The quantitative estimate of drug-likeness (QED) is 0.842. The highest BCUT2D eigenvalue weighted by Gasteiger charge is 2.54. The molecule has 6 nitrogen and oxygen atoms in total. The summed E-state index contributed by atoms with van der Waals surface area (Å²) < 4.78 is 32.0. The molecule has 1 aromatic rings. The van der Waals surface area contributed by atoms with Crippen molar-refractivity contribution in [3.63, 3.8) is 0 Å². The SMILES string of the molecule is O=C1N[C@]2(CO1)C[C@H](C(=O)N1CCC3(CC1)CC(c1ncc(F)cc1F)C3)C2. The number of ether oxygens (including phenoxy) is 1. The average Bonchev–Trinajstić information content (AvgIpc) is 3.01. The molecule has 2 saturated carbocycles. The van der Waals surface area contributed by atoms with Gasteiger partial charge in [0.05, 0.1) is 17.4 Å². The minimum atomic E-state index is -0.649. The molecule has 2 aliphatic carbocycles. The molecule has 2 aliphatic heterocycles. The Balaban J connectivity index is 1.13. The summed E-state index contributed by atoms with van der Waals surface area (Å²) in [5.41, 5.74) is 0.186. The topological polar surface area (TPSA) is 71.5 Å². The maximum absolute atomic E-state index is 13.9. The monoisotopic (exact) mass is 391 g/mol. The van der Waals surface area contributed by atoms with Gasteiger partial charge in [0.25, 0.3) is 0 Å². The van der Waals surface area contributed by atoms with Crippen molar-refractivity contribution in [1.82, 2.24) is 15.2 Å². The van der Waals surface area contributed by atoms with Crippen LogP contribution >= 0.6 is 0 Å². The Labute approximate surface area is 161 Å². The number of aromatic nitrogens is 1. The van der Waals surface area contributed by atoms with E-state index in [-0.39, 0.29) is 28.7 Å². The molecule has 1 N–H and O–H groups in total. The van der Waals surface area contributed by atoms with Gasteiger partial charge in [0.2, 0.25) is 5.91 Å². The van der Waals surface area contributed by atoms with Crippen molar-refractivity contribution >= 4 is 12.0 Å². The molecule has 150 valence electrons. The van der Waals surface area contributed by atoms with Crippen molar-refractivity contribution < 1.29 is 23.1 Å². The van der Waals surface area contributed by atoms with Crippen molar-refractivity contribution in [3.05, 3.63) is 29.6 Å². The summed E-state index contributed by atoms with van der Waals surface area (Å²) in [4.78, 5) is 29.9. The molecule has 4 fully saturated rings. The van der Waals surface area contributed by atoms with Crippen molar-refractivity contribution in [2.45, 2.75) is 50.0 Å². The van der Waals surface area contributed by atoms with Gasteiger partial charge in [-0.3, -0.25) is 9.78 Å². The van der Waals surface area contributed by atoms with Crippen molar-refractivity contribution in [3.8, 4) is 0 Å². The number of nitrogens with zero attached hydrogens (tertiary/aromatic N) is 2. The summed E-state index contributed by atoms with van der Waals surface area (Å²) in [5.74, 6) is -1.04. The number of likely N-dealkylation sites (tertiary alicyclic amines) is 1. The number of cyclic esters (lactones) is 1. The lowest BCUT2D eigenvalue weighted by Gasteiger charge is -2.53. The molecule has 5 rings (SSSR count). The number of carbonyl (C=O) groups excluding carboxylic acids is 2. The smallest absolute Gasteiger partial charge is 0.407 e. The van der Waals surface area contributed by atoms with Crippen LogP contribution < -0.4 is 5.32 Å². The van der Waals surface area contributed by atoms with E-state index in [9.17, 15) is 18.4 Å². The minimum Gasteiger partial charge on any atom is -0.447 e. The van der Waals surface area contributed by atoms with E-state index in [1.165, 1.54) is 0 Å². The van der Waals surface area contributed by atoms with Crippen LogP contribution in [0.5, 0.6) is 0 Å². The van der Waals surface area contributed by atoms with Gasteiger partial charge in [0.1, 0.15) is 18.2 Å². The van der Waals surface area contributed by atoms with Crippen LogP contribution in [0, 0.1) is 23.0 Å². The number of amides is 2. The summed E-state index contributed by atoms with van der Waals surface area (Å²) in [6.45, 7) is 1.79. The first kappa shape index (κ1) is 17.8. The lowest BCUT2D eigenvalue weighted by molar-refractivity contribution is -0.144. The lowest BCUT2D eigenvalue weighted by atomic mass is 9.56. The Morgan fingerprint density at radius 3 is 2.54 bits per heavy atom. The van der Waals surface area contributed by atoms with E-state index in [4.69, 9.17) is 4.74 Å². The largest absolute Gasteiger partial charge is 0.447 e. The molecule has 0 unspecified atom stereocenters. The normalized spacial score (nSPS) is 25.9. The molecule has 2 saturated heterocycles. The molecule has 0 radical (unpaired) electrons. The highest BCUT2D eigenvalue weighted by atomic mass is 19.1. The van der Waals surface area contributed by atoms with Crippen LogP contribution in [0.3, 0.4) is 0 Å². The van der Waals surface area contributed by atoms with E-state index in [1.54, 1.807) is 0 Å². The van der Waals surface area contributed by atoms with E-state index in [1.807, 2.05) is 4.90 Å². The van der Waals surface area contributed by atoms with Gasteiger partial charge in [0, 0.05) is 31.0 Å². The number of halogens is 2. The van der Waals surface area contributed by atoms with Gasteiger partial charge < -0.3 is 15.0 Å². The first-order valence-corrected chi connectivity index (χ1v) is 9.92. The fraction of sp³-hybridized carbons (Fsp3) is 0.650. The molecule has 1 aromatic heterocycles. The zero-order chi connectivity index (χ0) is 19.5. The number of hydrogen-bond donors (Lipinski definition) is 1. The molecular formula is C20H23F2N3O3. The molecular weight excluding hydrogens is 368 g/mol. The summed E-state index contributed by atoms with van der Waals surface area (Å²) in [6, 6.07) is 0.901. The van der Waals surface area contributed by atoms with E-state index < -0.39 is 17.7 Å². The summed E-state index contributed by atoms with van der Waals surface area (Å²) in [5, 5.41) is 2.82. The first-order valence-electron chi connectivity index (χ1n) is 9.92. The summed E-state index contributed by atoms with van der Waals surface area (Å²) >= 11 is 0. The summed E-state index contributed by atoms with van der Waals surface area (Å²) in [7, 11) is 0. The molecule has 0 aromatic carbocycles. The predicted molar refractivity (Wildman–Crippen MR) is 94.3 cm³/mol. The second-order valence-electron chi connectivity index (χ2n) is 9.04. The van der Waals surface area contributed by atoms with Gasteiger partial charge in [-0.1, -0.05) is 0 Å². The van der Waals surface area contributed by atoms with Gasteiger partial charge in [-0.05, 0) is 43.9 Å². The second kappa shape index (κ2) is 6.12. The maximum atomic E-state index is 13.9. The Morgan fingerprint density at radius 2 is 1.93 bits per heavy atom. The fourth-order valence-electron chi connectivity index (χ4n) is 5.54. The van der Waals surface area contributed by atoms with Crippen LogP contribution in [0.1, 0.15) is 50.1 Å². The molecule has 8 heteroatoms. The predicted octanol–water partition coefficient (Wildman–Crippen LogP) is 2.73. The van der Waals surface area contributed by atoms with Gasteiger partial charge in [0.15, 0.2) is 0 Å². The molecule has 0 atom stereocenters. The fourth-order valence-corrected chi connectivity index (χ4v) is 5.54. The Kier molecular flexibility index (Phi) is 3.90. The van der Waals surface area contributed by atoms with Gasteiger partial charge in [-0.2, -0.15) is 0 Å². The van der Waals surface area contributed by atoms with E-state index in [0.717, 1.165) is 51.0 Å². The number of alkyl carbamates (subject to hydrolysis) is 1. The molecule has 4 aliphatic rings. The van der Waals surface area contributed by atoms with Crippen molar-refractivity contribution in [1.29, 1.82) is 0 Å². The number of nitrogens with one attached hydrogen (secondary N) is 1. The first-order chi connectivity index (χ1) is 13.4.